The highest BCUT2D eigenvalue weighted by Gasteiger charge is 2.46. The van der Waals surface area contributed by atoms with Gasteiger partial charge in [-0.1, -0.05) is 147 Å². The fraction of sp³-hybridized carbons (Fsp3) is 0.136. The van der Waals surface area contributed by atoms with Crippen molar-refractivity contribution in [2.75, 3.05) is 39.6 Å². The molecule has 2 aliphatic rings. The Hall–Kier alpha value is -7.55. The summed E-state index contributed by atoms with van der Waals surface area (Å²) < 4.78 is 16.5. The highest BCUT2D eigenvalue weighted by Crippen LogP contribution is 2.57. The number of benzene rings is 9. The van der Waals surface area contributed by atoms with Crippen molar-refractivity contribution in [1.82, 2.24) is 0 Å². The standard InChI is InChI=1S/C33H28O4.C17H10O.C8H10O2.CH4/c34-17-19-36-27-13-9-25(10-14-27)33(26-11-15-28(16-12-26)37-20-18-35)31-8-4-3-7-29(31)30-21-23-5-1-2-6-24(23)22-32(30)33;18-17-14-8-4-3-7-13(14)15-9-11-5-1-2-6-12(11)10-16(15)17;9-6-7-10-8-4-2-1-3-5-8;/h1-16,21-22,34-35H,17-20H2;1-10H;1-5,9H,6-7H2;1H4. The zero-order valence-corrected chi connectivity index (χ0v) is 35.8. The molecule has 330 valence electrons. The van der Waals surface area contributed by atoms with Gasteiger partial charge in [0.05, 0.1) is 25.2 Å². The lowest BCUT2D eigenvalue weighted by molar-refractivity contribution is 0.104. The normalized spacial score (nSPS) is 12.3. The maximum atomic E-state index is 12.3. The predicted octanol–water partition coefficient (Wildman–Crippen LogP) is 11.7. The van der Waals surface area contributed by atoms with Crippen LogP contribution in [-0.4, -0.2) is 60.7 Å². The molecule has 0 aromatic heterocycles. The molecule has 0 bridgehead atoms. The first kappa shape index (κ1) is 45.0. The van der Waals surface area contributed by atoms with Crippen LogP contribution < -0.4 is 14.2 Å². The topological polar surface area (TPSA) is 105 Å². The van der Waals surface area contributed by atoms with Crippen molar-refractivity contribution in [2.24, 2.45) is 0 Å². The molecular formula is C59H52O7. The first-order chi connectivity index (χ1) is 32.0. The average Bonchev–Trinajstić information content (AvgIpc) is 3.81. The van der Waals surface area contributed by atoms with Crippen LogP contribution in [0.2, 0.25) is 0 Å². The molecule has 9 aromatic rings. The van der Waals surface area contributed by atoms with E-state index in [4.69, 9.17) is 19.3 Å². The zero-order valence-electron chi connectivity index (χ0n) is 35.8. The SMILES string of the molecule is C.O=C1c2ccccc2-c2cc3ccccc3cc21.OCCOc1ccc(C2(c3ccc(OCCO)cc3)c3ccccc3-c3cc4ccccc4cc32)cc1.OCCOc1ccccc1. The molecular weight excluding hydrogens is 821 g/mol. The summed E-state index contributed by atoms with van der Waals surface area (Å²) in [5.74, 6) is 2.40. The second kappa shape index (κ2) is 20.5. The monoisotopic (exact) mass is 872 g/mol. The van der Waals surface area contributed by atoms with Crippen molar-refractivity contribution in [2.45, 2.75) is 12.8 Å². The Morgan fingerprint density at radius 2 is 0.742 bits per heavy atom. The Labute approximate surface area is 385 Å². The van der Waals surface area contributed by atoms with Gasteiger partial charge in [0, 0.05) is 11.1 Å². The van der Waals surface area contributed by atoms with Crippen LogP contribution >= 0.6 is 0 Å². The van der Waals surface area contributed by atoms with Crippen molar-refractivity contribution >= 4 is 27.3 Å². The van der Waals surface area contributed by atoms with E-state index in [0.717, 1.165) is 56.0 Å². The minimum atomic E-state index is -0.541. The number of aliphatic hydroxyl groups is 3. The van der Waals surface area contributed by atoms with Gasteiger partial charge in [-0.25, -0.2) is 0 Å². The number of hydrogen-bond acceptors (Lipinski definition) is 7. The number of carbonyl (C=O) groups is 1. The molecule has 0 fully saturated rings. The third-order valence-corrected chi connectivity index (χ3v) is 11.9. The average molecular weight is 873 g/mol. The van der Waals surface area contributed by atoms with Gasteiger partial charge in [0.2, 0.25) is 0 Å². The number of ketones is 1. The molecule has 2 aliphatic carbocycles. The smallest absolute Gasteiger partial charge is 0.194 e. The highest BCUT2D eigenvalue weighted by atomic mass is 16.5. The number of carbonyl (C=O) groups excluding carboxylic acids is 1. The van der Waals surface area contributed by atoms with Gasteiger partial charge in [0.25, 0.3) is 0 Å². The summed E-state index contributed by atoms with van der Waals surface area (Å²) in [5.41, 5.74) is 10.4. The van der Waals surface area contributed by atoms with Gasteiger partial charge in [-0.3, -0.25) is 4.79 Å². The Bertz CT molecular complexity index is 3020. The highest BCUT2D eigenvalue weighted by molar-refractivity contribution is 6.23. The number of aliphatic hydroxyl groups excluding tert-OH is 3. The van der Waals surface area contributed by atoms with Gasteiger partial charge in [0.1, 0.15) is 37.1 Å². The van der Waals surface area contributed by atoms with Crippen molar-refractivity contribution in [3.8, 4) is 39.5 Å². The summed E-state index contributed by atoms with van der Waals surface area (Å²) in [6, 6.07) is 67.8. The molecule has 3 N–H and O–H groups in total. The summed E-state index contributed by atoms with van der Waals surface area (Å²) in [6.45, 7) is 0.905. The van der Waals surface area contributed by atoms with E-state index in [-0.39, 0.29) is 46.2 Å². The van der Waals surface area contributed by atoms with Gasteiger partial charge >= 0.3 is 0 Å². The third kappa shape index (κ3) is 8.80. The van der Waals surface area contributed by atoms with Crippen LogP contribution in [-0.2, 0) is 5.41 Å². The van der Waals surface area contributed by atoms with Crippen molar-refractivity contribution in [1.29, 1.82) is 0 Å². The Morgan fingerprint density at radius 1 is 0.348 bits per heavy atom. The van der Waals surface area contributed by atoms with Crippen LogP contribution in [0.3, 0.4) is 0 Å². The van der Waals surface area contributed by atoms with Gasteiger partial charge in [-0.05, 0) is 127 Å². The van der Waals surface area contributed by atoms with E-state index < -0.39 is 5.41 Å². The first-order valence-electron chi connectivity index (χ1n) is 21.8. The fourth-order valence-corrected chi connectivity index (χ4v) is 9.07. The Balaban J connectivity index is 0.000000167. The van der Waals surface area contributed by atoms with E-state index in [2.05, 4.69) is 97.1 Å². The lowest BCUT2D eigenvalue weighted by atomic mass is 9.67. The number of fused-ring (bicyclic) bond motifs is 8. The summed E-state index contributed by atoms with van der Waals surface area (Å²) in [6.07, 6.45) is 0. The second-order valence-electron chi connectivity index (χ2n) is 15.7. The molecule has 0 radical (unpaired) electrons. The van der Waals surface area contributed by atoms with Gasteiger partial charge in [-0.2, -0.15) is 0 Å². The van der Waals surface area contributed by atoms with E-state index in [1.807, 2.05) is 103 Å². The van der Waals surface area contributed by atoms with Crippen LogP contribution in [0.1, 0.15) is 45.6 Å². The van der Waals surface area contributed by atoms with E-state index >= 15 is 0 Å². The van der Waals surface area contributed by atoms with E-state index in [1.165, 1.54) is 38.4 Å². The van der Waals surface area contributed by atoms with Gasteiger partial charge in [-0.15, -0.1) is 0 Å². The fourth-order valence-electron chi connectivity index (χ4n) is 9.07. The maximum Gasteiger partial charge on any atom is 0.194 e. The summed E-state index contributed by atoms with van der Waals surface area (Å²) in [5, 5.41) is 31.5. The number of ether oxygens (including phenoxy) is 3. The van der Waals surface area contributed by atoms with Gasteiger partial charge < -0.3 is 29.5 Å². The Kier molecular flexibility index (Phi) is 14.0. The first-order valence-corrected chi connectivity index (χ1v) is 21.8. The van der Waals surface area contributed by atoms with Crippen LogP contribution in [0, 0.1) is 0 Å². The minimum Gasteiger partial charge on any atom is -0.491 e. The molecule has 0 saturated carbocycles. The second-order valence-corrected chi connectivity index (χ2v) is 15.7. The summed E-state index contributed by atoms with van der Waals surface area (Å²) in [7, 11) is 0. The van der Waals surface area contributed by atoms with E-state index in [1.54, 1.807) is 0 Å². The molecule has 0 aliphatic heterocycles. The van der Waals surface area contributed by atoms with Crippen molar-refractivity contribution in [3.63, 3.8) is 0 Å². The van der Waals surface area contributed by atoms with Crippen LogP contribution in [0.15, 0.2) is 200 Å². The lowest BCUT2D eigenvalue weighted by Crippen LogP contribution is -2.28. The van der Waals surface area contributed by atoms with Crippen LogP contribution in [0.4, 0.5) is 0 Å². The maximum absolute atomic E-state index is 12.3. The summed E-state index contributed by atoms with van der Waals surface area (Å²) in [4.78, 5) is 12.3. The van der Waals surface area contributed by atoms with Crippen molar-refractivity contribution in [3.05, 3.63) is 234 Å². The number of hydrogen-bond donors (Lipinski definition) is 3. The Morgan fingerprint density at radius 3 is 1.26 bits per heavy atom. The van der Waals surface area contributed by atoms with E-state index in [0.29, 0.717) is 6.61 Å². The molecule has 7 nitrogen and oxygen atoms in total. The van der Waals surface area contributed by atoms with E-state index in [9.17, 15) is 15.0 Å². The van der Waals surface area contributed by atoms with Crippen LogP contribution in [0.5, 0.6) is 17.2 Å². The number of para-hydroxylation sites is 1. The molecule has 0 heterocycles. The predicted molar refractivity (Wildman–Crippen MR) is 265 cm³/mol. The molecule has 11 rings (SSSR count). The molecule has 0 saturated heterocycles. The molecule has 9 aromatic carbocycles. The minimum absolute atomic E-state index is 0. The van der Waals surface area contributed by atoms with Crippen molar-refractivity contribution < 1.29 is 34.3 Å². The molecule has 0 spiro atoms. The molecule has 7 heteroatoms. The summed E-state index contributed by atoms with van der Waals surface area (Å²) >= 11 is 0. The van der Waals surface area contributed by atoms with Gasteiger partial charge in [0.15, 0.2) is 5.78 Å². The quantitative estimate of drug-likeness (QED) is 0.119. The zero-order chi connectivity index (χ0) is 44.6. The molecule has 0 amide bonds. The largest absolute Gasteiger partial charge is 0.491 e. The number of rotatable bonds is 11. The molecule has 0 unspecified atom stereocenters. The lowest BCUT2D eigenvalue weighted by Gasteiger charge is -2.34. The third-order valence-electron chi connectivity index (χ3n) is 11.9. The molecule has 0 atom stereocenters. The van der Waals surface area contributed by atoms with Crippen LogP contribution in [0.25, 0.3) is 43.8 Å². The molecule has 66 heavy (non-hydrogen) atoms.